The van der Waals surface area contributed by atoms with Crippen molar-refractivity contribution in [2.24, 2.45) is 5.92 Å². The molecule has 1 aliphatic heterocycles. The molecule has 0 N–H and O–H groups in total. The molecule has 1 rings (SSSR count). The van der Waals surface area contributed by atoms with E-state index in [1.165, 1.54) is 0 Å². The van der Waals surface area contributed by atoms with Gasteiger partial charge >= 0.3 is 0 Å². The summed E-state index contributed by atoms with van der Waals surface area (Å²) in [5.41, 5.74) is 0. The Kier molecular flexibility index (Phi) is 4.16. The van der Waals surface area contributed by atoms with E-state index in [-0.39, 0.29) is 0 Å². The Morgan fingerprint density at radius 2 is 2.36 bits per heavy atom. The van der Waals surface area contributed by atoms with E-state index in [1.54, 1.807) is 0 Å². The number of ether oxygens (including phenoxy) is 1. The lowest BCUT2D eigenvalue weighted by Crippen LogP contribution is -2.23. The van der Waals surface area contributed by atoms with Gasteiger partial charge in [-0.1, -0.05) is 28.1 Å². The molecule has 1 heterocycles. The van der Waals surface area contributed by atoms with Crippen molar-refractivity contribution in [1.82, 2.24) is 0 Å². The van der Waals surface area contributed by atoms with Gasteiger partial charge < -0.3 is 4.74 Å². The van der Waals surface area contributed by atoms with Crippen LogP contribution in [0.15, 0.2) is 12.2 Å². The van der Waals surface area contributed by atoms with Gasteiger partial charge in [-0.15, -0.1) is 0 Å². The fourth-order valence-electron chi connectivity index (χ4n) is 1.23. The number of alkyl halides is 1. The van der Waals surface area contributed by atoms with Gasteiger partial charge in [0.2, 0.25) is 0 Å². The van der Waals surface area contributed by atoms with Crippen molar-refractivity contribution in [2.45, 2.75) is 25.9 Å². The van der Waals surface area contributed by atoms with Crippen LogP contribution in [0.25, 0.3) is 0 Å². The normalized spacial score (nSPS) is 32.9. The molecular weight excluding hydrogens is 204 g/mol. The molecule has 11 heavy (non-hydrogen) atoms. The molecule has 0 aliphatic carbocycles. The maximum atomic E-state index is 5.61. The SMILES string of the molecule is CC1OCCC=CCC1CBr. The van der Waals surface area contributed by atoms with Gasteiger partial charge in [0.15, 0.2) is 0 Å². The average Bonchev–Trinajstić information content (AvgIpc) is 1.98. The molecule has 0 spiro atoms. The van der Waals surface area contributed by atoms with Crippen molar-refractivity contribution >= 4 is 15.9 Å². The Bertz CT molecular complexity index is 134. The Morgan fingerprint density at radius 3 is 3.09 bits per heavy atom. The standard InChI is InChI=1S/C9H15BrO/c1-8-9(7-10)5-3-2-4-6-11-8/h2-3,8-9H,4-7H2,1H3. The van der Waals surface area contributed by atoms with Gasteiger partial charge in [-0.25, -0.2) is 0 Å². The molecule has 2 atom stereocenters. The summed E-state index contributed by atoms with van der Waals surface area (Å²) in [7, 11) is 0. The zero-order valence-corrected chi connectivity index (χ0v) is 8.51. The molecule has 2 heteroatoms. The van der Waals surface area contributed by atoms with E-state index >= 15 is 0 Å². The van der Waals surface area contributed by atoms with Crippen LogP contribution < -0.4 is 0 Å². The first-order chi connectivity index (χ1) is 5.34. The van der Waals surface area contributed by atoms with Gasteiger partial charge in [-0.2, -0.15) is 0 Å². The van der Waals surface area contributed by atoms with E-state index in [0.717, 1.165) is 24.8 Å². The zero-order valence-electron chi connectivity index (χ0n) is 6.92. The maximum absolute atomic E-state index is 5.61. The van der Waals surface area contributed by atoms with Gasteiger partial charge in [0.05, 0.1) is 12.7 Å². The molecule has 0 saturated heterocycles. The number of hydrogen-bond acceptors (Lipinski definition) is 1. The van der Waals surface area contributed by atoms with Gasteiger partial charge in [0.25, 0.3) is 0 Å². The van der Waals surface area contributed by atoms with Gasteiger partial charge in [0.1, 0.15) is 0 Å². The zero-order chi connectivity index (χ0) is 8.10. The smallest absolute Gasteiger partial charge is 0.0586 e. The van der Waals surface area contributed by atoms with E-state index in [2.05, 4.69) is 35.0 Å². The fourth-order valence-corrected chi connectivity index (χ4v) is 2.02. The minimum absolute atomic E-state index is 0.402. The van der Waals surface area contributed by atoms with Gasteiger partial charge in [-0.3, -0.25) is 0 Å². The van der Waals surface area contributed by atoms with Crippen molar-refractivity contribution in [1.29, 1.82) is 0 Å². The third kappa shape index (κ3) is 2.96. The second-order valence-corrected chi connectivity index (χ2v) is 3.63. The number of allylic oxidation sites excluding steroid dienone is 1. The minimum atomic E-state index is 0.402. The number of rotatable bonds is 1. The van der Waals surface area contributed by atoms with Crippen LogP contribution in [-0.2, 0) is 4.74 Å². The van der Waals surface area contributed by atoms with Gasteiger partial charge in [-0.05, 0) is 25.7 Å². The molecule has 1 aliphatic rings. The summed E-state index contributed by atoms with van der Waals surface area (Å²) in [5, 5.41) is 1.04. The first-order valence-electron chi connectivity index (χ1n) is 4.17. The Labute approximate surface area is 76.9 Å². The highest BCUT2D eigenvalue weighted by molar-refractivity contribution is 9.09. The first kappa shape index (κ1) is 9.27. The van der Waals surface area contributed by atoms with E-state index in [0.29, 0.717) is 12.0 Å². The topological polar surface area (TPSA) is 9.23 Å². The Morgan fingerprint density at radius 1 is 1.55 bits per heavy atom. The van der Waals surface area contributed by atoms with E-state index in [1.807, 2.05) is 0 Å². The van der Waals surface area contributed by atoms with Crippen LogP contribution in [0.1, 0.15) is 19.8 Å². The molecule has 0 aromatic rings. The molecule has 0 saturated carbocycles. The monoisotopic (exact) mass is 218 g/mol. The first-order valence-corrected chi connectivity index (χ1v) is 5.29. The highest BCUT2D eigenvalue weighted by Gasteiger charge is 2.15. The van der Waals surface area contributed by atoms with Crippen molar-refractivity contribution in [3.8, 4) is 0 Å². The second-order valence-electron chi connectivity index (χ2n) is 2.99. The van der Waals surface area contributed by atoms with Crippen molar-refractivity contribution < 1.29 is 4.74 Å². The lowest BCUT2D eigenvalue weighted by molar-refractivity contribution is 0.0333. The highest BCUT2D eigenvalue weighted by Crippen LogP contribution is 2.18. The second kappa shape index (κ2) is 4.94. The minimum Gasteiger partial charge on any atom is -0.378 e. The van der Waals surface area contributed by atoms with Crippen LogP contribution in [0.5, 0.6) is 0 Å². The largest absolute Gasteiger partial charge is 0.378 e. The molecule has 0 fully saturated rings. The summed E-state index contributed by atoms with van der Waals surface area (Å²) in [5.74, 6) is 0.645. The summed E-state index contributed by atoms with van der Waals surface area (Å²) in [6, 6.07) is 0. The molecule has 2 unspecified atom stereocenters. The van der Waals surface area contributed by atoms with E-state index < -0.39 is 0 Å². The quantitative estimate of drug-likeness (QED) is 0.486. The van der Waals surface area contributed by atoms with Crippen LogP contribution in [0.4, 0.5) is 0 Å². The van der Waals surface area contributed by atoms with E-state index in [9.17, 15) is 0 Å². The summed E-state index contributed by atoms with van der Waals surface area (Å²) in [4.78, 5) is 0. The summed E-state index contributed by atoms with van der Waals surface area (Å²) in [6.45, 7) is 3.03. The number of halogens is 1. The van der Waals surface area contributed by atoms with Crippen LogP contribution in [-0.4, -0.2) is 18.0 Å². The molecule has 1 nitrogen and oxygen atoms in total. The Hall–Kier alpha value is 0.180. The van der Waals surface area contributed by atoms with Crippen molar-refractivity contribution in [3.63, 3.8) is 0 Å². The third-order valence-corrected chi connectivity index (χ3v) is 2.96. The highest BCUT2D eigenvalue weighted by atomic mass is 79.9. The lowest BCUT2D eigenvalue weighted by atomic mass is 10.0. The molecule has 0 aromatic heterocycles. The summed E-state index contributed by atoms with van der Waals surface area (Å²) in [6.07, 6.45) is 7.09. The molecule has 0 aromatic carbocycles. The lowest BCUT2D eigenvalue weighted by Gasteiger charge is -2.22. The fraction of sp³-hybridized carbons (Fsp3) is 0.778. The predicted octanol–water partition coefficient (Wildman–Crippen LogP) is 2.75. The summed E-state index contributed by atoms with van der Waals surface area (Å²) >= 11 is 3.50. The van der Waals surface area contributed by atoms with Crippen LogP contribution in [0.2, 0.25) is 0 Å². The Balaban J connectivity index is 2.45. The van der Waals surface area contributed by atoms with Crippen LogP contribution in [0.3, 0.4) is 0 Å². The van der Waals surface area contributed by atoms with Crippen LogP contribution >= 0.6 is 15.9 Å². The van der Waals surface area contributed by atoms with Crippen LogP contribution in [0, 0.1) is 5.92 Å². The average molecular weight is 219 g/mol. The van der Waals surface area contributed by atoms with Crippen molar-refractivity contribution in [3.05, 3.63) is 12.2 Å². The molecule has 0 amide bonds. The molecule has 0 bridgehead atoms. The molecule has 64 valence electrons. The predicted molar refractivity (Wildman–Crippen MR) is 51.1 cm³/mol. The van der Waals surface area contributed by atoms with Gasteiger partial charge in [0, 0.05) is 5.33 Å². The molecular formula is C9H15BrO. The molecule has 0 radical (unpaired) electrons. The maximum Gasteiger partial charge on any atom is 0.0586 e. The van der Waals surface area contributed by atoms with Crippen molar-refractivity contribution in [2.75, 3.05) is 11.9 Å². The summed E-state index contributed by atoms with van der Waals surface area (Å²) < 4.78 is 5.61. The van der Waals surface area contributed by atoms with E-state index in [4.69, 9.17) is 4.74 Å². The third-order valence-electron chi connectivity index (χ3n) is 2.13. The number of hydrogen-bond donors (Lipinski definition) is 0.